The molecule has 6 nitrogen and oxygen atoms in total. The van der Waals surface area contributed by atoms with Crippen LogP contribution < -0.4 is 11.5 Å². The van der Waals surface area contributed by atoms with E-state index in [9.17, 15) is 0 Å². The van der Waals surface area contributed by atoms with E-state index in [2.05, 4.69) is 16.0 Å². The number of nitrogens with zero attached hydrogens (tertiary/aromatic N) is 3. The van der Waals surface area contributed by atoms with Crippen LogP contribution in [0.3, 0.4) is 0 Å². The molecule has 158 valence electrons. The maximum atomic E-state index is 5.94. The van der Waals surface area contributed by atoms with Gasteiger partial charge >= 0.3 is 0 Å². The molecule has 0 amide bonds. The van der Waals surface area contributed by atoms with Crippen LogP contribution in [0, 0.1) is 6.92 Å². The monoisotopic (exact) mass is 457 g/mol. The van der Waals surface area contributed by atoms with Crippen LogP contribution in [-0.4, -0.2) is 34.6 Å². The first-order valence-corrected chi connectivity index (χ1v) is 8.60. The number of aromatic nitrogens is 3. The first kappa shape index (κ1) is 27.2. The molecule has 9 heteroatoms. The van der Waals surface area contributed by atoms with Gasteiger partial charge in [0.05, 0.1) is 23.5 Å². The molecule has 0 aliphatic heterocycles. The number of pyridine rings is 1. The summed E-state index contributed by atoms with van der Waals surface area (Å²) in [5, 5.41) is 0.951. The maximum Gasteiger partial charge on any atom is 0.153 e. The summed E-state index contributed by atoms with van der Waals surface area (Å²) >= 11 is 0. The highest BCUT2D eigenvalue weighted by atomic mass is 35.5. The second-order valence-corrected chi connectivity index (χ2v) is 5.96. The normalized spacial score (nSPS) is 11.4. The van der Waals surface area contributed by atoms with Crippen LogP contribution in [-0.2, 0) is 4.74 Å². The second kappa shape index (κ2) is 13.4. The standard InChI is InChI=1S/C20H23N5O.3ClH/c1-14-5-7-17-16(12-14)20(18(13-22)26-11-9-21)25-19(24-17)8-6-15-4-2-3-10-23-15;;;/h2-8,10,12,18H,9,11,13,21-22H2,1H3;3*1H. The Hall–Kier alpha value is -1.80. The lowest BCUT2D eigenvalue weighted by atomic mass is 10.1. The Balaban J connectivity index is 0.00000261. The summed E-state index contributed by atoms with van der Waals surface area (Å²) in [6, 6.07) is 11.8. The van der Waals surface area contributed by atoms with Gasteiger partial charge < -0.3 is 16.2 Å². The van der Waals surface area contributed by atoms with Gasteiger partial charge in [-0.05, 0) is 43.3 Å². The summed E-state index contributed by atoms with van der Waals surface area (Å²) in [7, 11) is 0. The summed E-state index contributed by atoms with van der Waals surface area (Å²) in [5.74, 6) is 0.594. The summed E-state index contributed by atoms with van der Waals surface area (Å²) in [6.07, 6.45) is 5.16. The molecular weight excluding hydrogens is 433 g/mol. The lowest BCUT2D eigenvalue weighted by molar-refractivity contribution is 0.0625. The number of halogens is 3. The van der Waals surface area contributed by atoms with E-state index >= 15 is 0 Å². The molecule has 29 heavy (non-hydrogen) atoms. The fourth-order valence-electron chi connectivity index (χ4n) is 2.71. The van der Waals surface area contributed by atoms with E-state index in [4.69, 9.17) is 21.2 Å². The number of hydrogen-bond donors (Lipinski definition) is 2. The van der Waals surface area contributed by atoms with E-state index in [0.29, 0.717) is 25.5 Å². The number of aryl methyl sites for hydroxylation is 1. The van der Waals surface area contributed by atoms with Gasteiger partial charge in [-0.25, -0.2) is 9.97 Å². The zero-order valence-corrected chi connectivity index (χ0v) is 18.5. The van der Waals surface area contributed by atoms with E-state index < -0.39 is 0 Å². The second-order valence-electron chi connectivity index (χ2n) is 5.96. The van der Waals surface area contributed by atoms with E-state index in [1.165, 1.54) is 0 Å². The van der Waals surface area contributed by atoms with Crippen molar-refractivity contribution in [3.63, 3.8) is 0 Å². The maximum absolute atomic E-state index is 5.94. The molecule has 4 N–H and O–H groups in total. The molecule has 2 aromatic heterocycles. The molecule has 0 aliphatic rings. The molecule has 0 fully saturated rings. The van der Waals surface area contributed by atoms with Crippen LogP contribution in [0.1, 0.15) is 28.9 Å². The predicted molar refractivity (Wildman–Crippen MR) is 126 cm³/mol. The Morgan fingerprint density at radius 3 is 2.48 bits per heavy atom. The van der Waals surface area contributed by atoms with Crippen molar-refractivity contribution in [2.75, 3.05) is 19.7 Å². The number of nitrogens with two attached hydrogens (primary N) is 2. The predicted octanol–water partition coefficient (Wildman–Crippen LogP) is 3.74. The van der Waals surface area contributed by atoms with Crippen molar-refractivity contribution < 1.29 is 4.74 Å². The third-order valence-electron chi connectivity index (χ3n) is 3.94. The molecule has 3 aromatic rings. The minimum absolute atomic E-state index is 0. The Bertz CT molecular complexity index is 909. The quantitative estimate of drug-likeness (QED) is 0.559. The Morgan fingerprint density at radius 2 is 1.83 bits per heavy atom. The molecule has 0 radical (unpaired) electrons. The molecule has 0 saturated heterocycles. The van der Waals surface area contributed by atoms with Gasteiger partial charge in [-0.2, -0.15) is 0 Å². The van der Waals surface area contributed by atoms with Gasteiger partial charge in [-0.15, -0.1) is 37.2 Å². The number of benzene rings is 1. The Morgan fingerprint density at radius 1 is 1.03 bits per heavy atom. The van der Waals surface area contributed by atoms with Crippen molar-refractivity contribution in [3.05, 3.63) is 65.4 Å². The van der Waals surface area contributed by atoms with Crippen LogP contribution in [0.25, 0.3) is 23.1 Å². The minimum Gasteiger partial charge on any atom is -0.369 e. The molecule has 1 atom stereocenters. The third-order valence-corrected chi connectivity index (χ3v) is 3.94. The van der Waals surface area contributed by atoms with Crippen molar-refractivity contribution in [1.82, 2.24) is 15.0 Å². The Labute approximate surface area is 189 Å². The van der Waals surface area contributed by atoms with Crippen LogP contribution in [0.15, 0.2) is 42.6 Å². The van der Waals surface area contributed by atoms with Crippen LogP contribution in [0.2, 0.25) is 0 Å². The number of fused-ring (bicyclic) bond motifs is 1. The zero-order valence-electron chi connectivity index (χ0n) is 16.0. The lowest BCUT2D eigenvalue weighted by Gasteiger charge is -2.17. The van der Waals surface area contributed by atoms with Gasteiger partial charge in [0.2, 0.25) is 0 Å². The van der Waals surface area contributed by atoms with Crippen molar-refractivity contribution in [3.8, 4) is 0 Å². The van der Waals surface area contributed by atoms with Crippen molar-refractivity contribution in [2.45, 2.75) is 13.0 Å². The summed E-state index contributed by atoms with van der Waals surface area (Å²) in [6.45, 7) is 3.23. The smallest absolute Gasteiger partial charge is 0.153 e. The zero-order chi connectivity index (χ0) is 18.4. The minimum atomic E-state index is -0.326. The third kappa shape index (κ3) is 7.19. The topological polar surface area (TPSA) is 99.9 Å². The van der Waals surface area contributed by atoms with Crippen molar-refractivity contribution in [1.29, 1.82) is 0 Å². The highest BCUT2D eigenvalue weighted by Crippen LogP contribution is 2.25. The van der Waals surface area contributed by atoms with Crippen LogP contribution in [0.4, 0.5) is 0 Å². The van der Waals surface area contributed by atoms with Gasteiger partial charge in [-0.1, -0.05) is 17.7 Å². The molecule has 0 spiro atoms. The van der Waals surface area contributed by atoms with Crippen LogP contribution in [0.5, 0.6) is 0 Å². The van der Waals surface area contributed by atoms with E-state index in [1.54, 1.807) is 6.20 Å². The van der Waals surface area contributed by atoms with E-state index in [0.717, 1.165) is 27.9 Å². The van der Waals surface area contributed by atoms with E-state index in [1.807, 2.05) is 49.4 Å². The molecule has 3 rings (SSSR count). The largest absolute Gasteiger partial charge is 0.369 e. The van der Waals surface area contributed by atoms with Gasteiger partial charge in [0.15, 0.2) is 5.82 Å². The van der Waals surface area contributed by atoms with Gasteiger partial charge in [-0.3, -0.25) is 4.98 Å². The van der Waals surface area contributed by atoms with Crippen LogP contribution >= 0.6 is 37.2 Å². The SMILES string of the molecule is Cc1ccc2nc(C=Cc3ccccn3)nc(C(CN)OCCN)c2c1.Cl.Cl.Cl. The Kier molecular flexibility index (Phi) is 12.6. The molecule has 1 unspecified atom stereocenters. The summed E-state index contributed by atoms with van der Waals surface area (Å²) in [4.78, 5) is 13.6. The molecular formula is C20H26Cl3N5O. The average molecular weight is 459 g/mol. The number of ether oxygens (including phenoxy) is 1. The molecule has 2 heterocycles. The fourth-order valence-corrected chi connectivity index (χ4v) is 2.71. The van der Waals surface area contributed by atoms with Crippen molar-refractivity contribution >= 4 is 60.3 Å². The number of hydrogen-bond acceptors (Lipinski definition) is 6. The number of rotatable bonds is 7. The average Bonchev–Trinajstić information content (AvgIpc) is 2.68. The highest BCUT2D eigenvalue weighted by Gasteiger charge is 2.17. The summed E-state index contributed by atoms with van der Waals surface area (Å²) in [5.41, 5.74) is 15.1. The first-order valence-electron chi connectivity index (χ1n) is 8.60. The van der Waals surface area contributed by atoms with E-state index in [-0.39, 0.29) is 43.3 Å². The molecule has 0 aliphatic carbocycles. The van der Waals surface area contributed by atoms with Gasteiger partial charge in [0, 0.05) is 24.7 Å². The fraction of sp³-hybridized carbons (Fsp3) is 0.250. The van der Waals surface area contributed by atoms with Gasteiger partial charge in [0.1, 0.15) is 6.10 Å². The molecule has 0 bridgehead atoms. The highest BCUT2D eigenvalue weighted by molar-refractivity contribution is 5.86. The summed E-state index contributed by atoms with van der Waals surface area (Å²) < 4.78 is 5.82. The molecule has 1 aromatic carbocycles. The first-order chi connectivity index (χ1) is 12.7. The van der Waals surface area contributed by atoms with Crippen molar-refractivity contribution in [2.24, 2.45) is 11.5 Å². The lowest BCUT2D eigenvalue weighted by Crippen LogP contribution is -2.21. The molecule has 0 saturated carbocycles. The van der Waals surface area contributed by atoms with Gasteiger partial charge in [0.25, 0.3) is 0 Å².